The Kier molecular flexibility index (Phi) is 4.74. The molecule has 2 rings (SSSR count). The standard InChI is InChI=1S/C16H25NO2S/c1-3-12-20(18,19)15-9-5-4-8-14(15)17-13-16(2)10-6-7-11-16/h4-5,8-9,17H,3,6-7,10-13H2,1-2H3. The van der Waals surface area contributed by atoms with Crippen molar-refractivity contribution in [3.8, 4) is 0 Å². The van der Waals surface area contributed by atoms with Crippen LogP contribution < -0.4 is 5.32 Å². The maximum Gasteiger partial charge on any atom is 0.180 e. The third kappa shape index (κ3) is 3.54. The van der Waals surface area contributed by atoms with Crippen molar-refractivity contribution < 1.29 is 8.42 Å². The average Bonchev–Trinajstić information content (AvgIpc) is 2.84. The van der Waals surface area contributed by atoms with E-state index in [2.05, 4.69) is 12.2 Å². The predicted octanol–water partition coefficient (Wildman–Crippen LogP) is 3.86. The molecule has 1 aromatic rings. The van der Waals surface area contributed by atoms with Gasteiger partial charge in [-0.25, -0.2) is 8.42 Å². The molecule has 0 aliphatic heterocycles. The van der Waals surface area contributed by atoms with Crippen LogP contribution in [0.4, 0.5) is 5.69 Å². The lowest BCUT2D eigenvalue weighted by Crippen LogP contribution is -2.24. The molecule has 3 nitrogen and oxygen atoms in total. The third-order valence-corrected chi connectivity index (χ3v) is 6.18. The molecule has 1 aromatic carbocycles. The maximum atomic E-state index is 12.3. The Hall–Kier alpha value is -1.03. The second-order valence-corrected chi connectivity index (χ2v) is 8.26. The van der Waals surface area contributed by atoms with Crippen molar-refractivity contribution >= 4 is 15.5 Å². The van der Waals surface area contributed by atoms with Crippen molar-refractivity contribution in [2.24, 2.45) is 5.41 Å². The Morgan fingerprint density at radius 2 is 1.85 bits per heavy atom. The third-order valence-electron chi connectivity index (χ3n) is 4.21. The fourth-order valence-corrected chi connectivity index (χ4v) is 4.50. The van der Waals surface area contributed by atoms with Crippen LogP contribution in [0.5, 0.6) is 0 Å². The molecule has 0 radical (unpaired) electrons. The smallest absolute Gasteiger partial charge is 0.180 e. The van der Waals surface area contributed by atoms with Crippen LogP contribution in [-0.2, 0) is 9.84 Å². The molecule has 1 fully saturated rings. The number of anilines is 1. The summed E-state index contributed by atoms with van der Waals surface area (Å²) in [6, 6.07) is 7.28. The van der Waals surface area contributed by atoms with Gasteiger partial charge in [0.25, 0.3) is 0 Å². The van der Waals surface area contributed by atoms with Crippen LogP contribution in [0, 0.1) is 5.41 Å². The van der Waals surface area contributed by atoms with Crippen LogP contribution in [0.3, 0.4) is 0 Å². The van der Waals surface area contributed by atoms with Gasteiger partial charge in [0.15, 0.2) is 9.84 Å². The van der Waals surface area contributed by atoms with E-state index >= 15 is 0 Å². The Morgan fingerprint density at radius 3 is 2.50 bits per heavy atom. The Morgan fingerprint density at radius 1 is 1.20 bits per heavy atom. The maximum absolute atomic E-state index is 12.3. The van der Waals surface area contributed by atoms with E-state index < -0.39 is 9.84 Å². The van der Waals surface area contributed by atoms with Crippen LogP contribution in [0.15, 0.2) is 29.2 Å². The topological polar surface area (TPSA) is 46.2 Å². The van der Waals surface area contributed by atoms with Gasteiger partial charge in [0, 0.05) is 6.54 Å². The minimum Gasteiger partial charge on any atom is -0.383 e. The summed E-state index contributed by atoms with van der Waals surface area (Å²) in [6.07, 6.45) is 5.67. The van der Waals surface area contributed by atoms with Crippen LogP contribution in [-0.4, -0.2) is 20.7 Å². The van der Waals surface area contributed by atoms with E-state index in [9.17, 15) is 8.42 Å². The summed E-state index contributed by atoms with van der Waals surface area (Å²) in [5, 5.41) is 3.38. The number of rotatable bonds is 6. The monoisotopic (exact) mass is 295 g/mol. The van der Waals surface area contributed by atoms with Crippen LogP contribution in [0.2, 0.25) is 0 Å². The van der Waals surface area contributed by atoms with Crippen molar-refractivity contribution in [2.45, 2.75) is 50.8 Å². The second-order valence-electron chi connectivity index (χ2n) is 6.19. The molecule has 0 saturated heterocycles. The van der Waals surface area contributed by atoms with Gasteiger partial charge in [-0.2, -0.15) is 0 Å². The minimum atomic E-state index is -3.17. The molecule has 0 atom stereocenters. The van der Waals surface area contributed by atoms with Gasteiger partial charge in [0.05, 0.1) is 16.3 Å². The van der Waals surface area contributed by atoms with Gasteiger partial charge in [0.1, 0.15) is 0 Å². The molecule has 1 aliphatic carbocycles. The van der Waals surface area contributed by atoms with E-state index in [1.165, 1.54) is 25.7 Å². The molecule has 1 aliphatic rings. The van der Waals surface area contributed by atoms with E-state index in [4.69, 9.17) is 0 Å². The number of para-hydroxylation sites is 1. The molecule has 112 valence electrons. The fourth-order valence-electron chi connectivity index (χ4n) is 2.98. The Balaban J connectivity index is 2.16. The zero-order valence-electron chi connectivity index (χ0n) is 12.5. The highest BCUT2D eigenvalue weighted by molar-refractivity contribution is 7.91. The fraction of sp³-hybridized carbons (Fsp3) is 0.625. The average molecular weight is 295 g/mol. The first-order valence-electron chi connectivity index (χ1n) is 7.52. The lowest BCUT2D eigenvalue weighted by Gasteiger charge is -2.25. The summed E-state index contributed by atoms with van der Waals surface area (Å²) in [5.41, 5.74) is 1.07. The Labute approximate surface area is 122 Å². The Bertz CT molecular complexity index is 545. The predicted molar refractivity (Wildman–Crippen MR) is 83.9 cm³/mol. The molecule has 4 heteroatoms. The van der Waals surface area contributed by atoms with Crippen LogP contribution in [0.25, 0.3) is 0 Å². The van der Waals surface area contributed by atoms with Crippen molar-refractivity contribution in [1.29, 1.82) is 0 Å². The van der Waals surface area contributed by atoms with E-state index in [1.807, 2.05) is 19.1 Å². The molecule has 0 bridgehead atoms. The molecule has 0 unspecified atom stereocenters. The number of nitrogens with one attached hydrogen (secondary N) is 1. The molecule has 1 N–H and O–H groups in total. The largest absolute Gasteiger partial charge is 0.383 e. The zero-order chi connectivity index (χ0) is 14.6. The first-order chi connectivity index (χ1) is 9.47. The van der Waals surface area contributed by atoms with E-state index in [0.29, 0.717) is 16.7 Å². The van der Waals surface area contributed by atoms with E-state index in [1.54, 1.807) is 12.1 Å². The van der Waals surface area contributed by atoms with Gasteiger partial charge in [0.2, 0.25) is 0 Å². The van der Waals surface area contributed by atoms with E-state index in [0.717, 1.165) is 12.2 Å². The van der Waals surface area contributed by atoms with Crippen LogP contribution >= 0.6 is 0 Å². The van der Waals surface area contributed by atoms with Crippen molar-refractivity contribution in [3.05, 3.63) is 24.3 Å². The molecule has 1 saturated carbocycles. The van der Waals surface area contributed by atoms with Gasteiger partial charge in [-0.05, 0) is 36.8 Å². The van der Waals surface area contributed by atoms with E-state index in [-0.39, 0.29) is 5.75 Å². The molecule has 0 spiro atoms. The van der Waals surface area contributed by atoms with Crippen molar-refractivity contribution in [1.82, 2.24) is 0 Å². The summed E-state index contributed by atoms with van der Waals surface area (Å²) in [6.45, 7) is 5.04. The van der Waals surface area contributed by atoms with Crippen LogP contribution in [0.1, 0.15) is 46.0 Å². The molecule has 0 amide bonds. The number of hydrogen-bond acceptors (Lipinski definition) is 3. The summed E-state index contributed by atoms with van der Waals surface area (Å²) in [5.74, 6) is 0.211. The normalized spacial score (nSPS) is 18.1. The summed E-state index contributed by atoms with van der Waals surface area (Å²) in [4.78, 5) is 0.448. The second kappa shape index (κ2) is 6.17. The highest BCUT2D eigenvalue weighted by Crippen LogP contribution is 2.38. The number of hydrogen-bond donors (Lipinski definition) is 1. The lowest BCUT2D eigenvalue weighted by molar-refractivity contribution is 0.362. The van der Waals surface area contributed by atoms with Gasteiger partial charge in [-0.15, -0.1) is 0 Å². The molecular formula is C16H25NO2S. The molecule has 0 heterocycles. The lowest BCUT2D eigenvalue weighted by atomic mass is 9.89. The summed E-state index contributed by atoms with van der Waals surface area (Å²) in [7, 11) is -3.17. The number of sulfone groups is 1. The number of benzene rings is 1. The first-order valence-corrected chi connectivity index (χ1v) is 9.18. The molecule has 20 heavy (non-hydrogen) atoms. The highest BCUT2D eigenvalue weighted by atomic mass is 32.2. The van der Waals surface area contributed by atoms with Gasteiger partial charge < -0.3 is 5.32 Å². The van der Waals surface area contributed by atoms with Gasteiger partial charge >= 0.3 is 0 Å². The first kappa shape index (κ1) is 15.4. The highest BCUT2D eigenvalue weighted by Gasteiger charge is 2.28. The summed E-state index contributed by atoms with van der Waals surface area (Å²) < 4.78 is 24.6. The zero-order valence-corrected chi connectivity index (χ0v) is 13.3. The SMILES string of the molecule is CCCS(=O)(=O)c1ccccc1NCC1(C)CCCC1. The van der Waals surface area contributed by atoms with Gasteiger partial charge in [-0.3, -0.25) is 0 Å². The van der Waals surface area contributed by atoms with Crippen molar-refractivity contribution in [2.75, 3.05) is 17.6 Å². The molecule has 0 aromatic heterocycles. The van der Waals surface area contributed by atoms with Gasteiger partial charge in [-0.1, -0.05) is 38.8 Å². The molecular weight excluding hydrogens is 270 g/mol. The quantitative estimate of drug-likeness (QED) is 0.866. The summed E-state index contributed by atoms with van der Waals surface area (Å²) >= 11 is 0. The minimum absolute atomic E-state index is 0.211. The van der Waals surface area contributed by atoms with Crippen molar-refractivity contribution in [3.63, 3.8) is 0 Å².